The molecule has 4 rings (SSSR count). The van der Waals surface area contributed by atoms with Gasteiger partial charge in [-0.3, -0.25) is 9.48 Å². The van der Waals surface area contributed by atoms with Crippen LogP contribution in [0, 0.1) is 0 Å². The van der Waals surface area contributed by atoms with Crippen molar-refractivity contribution in [1.82, 2.24) is 14.7 Å². The molecule has 1 aromatic rings. The van der Waals surface area contributed by atoms with E-state index in [0.717, 1.165) is 11.3 Å². The van der Waals surface area contributed by atoms with Crippen LogP contribution >= 0.6 is 0 Å². The lowest BCUT2D eigenvalue weighted by Crippen LogP contribution is -2.57. The molecule has 1 amide bonds. The average molecular weight is 364 g/mol. The summed E-state index contributed by atoms with van der Waals surface area (Å²) in [6.07, 6.45) is 3.18. The number of carbonyl (C=O) groups excluding carboxylic acids is 1. The van der Waals surface area contributed by atoms with Gasteiger partial charge in [0.15, 0.2) is 5.79 Å². The van der Waals surface area contributed by atoms with Crippen molar-refractivity contribution in [2.75, 3.05) is 26.4 Å². The van der Waals surface area contributed by atoms with Crippen molar-refractivity contribution < 1.29 is 23.8 Å². The number of aryl methyl sites for hydroxylation is 1. The maximum atomic E-state index is 13.1. The number of rotatable bonds is 3. The highest BCUT2D eigenvalue weighted by atomic mass is 16.7. The van der Waals surface area contributed by atoms with E-state index in [2.05, 4.69) is 10.3 Å². The van der Waals surface area contributed by atoms with E-state index >= 15 is 0 Å². The van der Waals surface area contributed by atoms with Crippen molar-refractivity contribution in [2.45, 2.75) is 44.3 Å². The highest BCUT2D eigenvalue weighted by molar-refractivity contribution is 6.03. The van der Waals surface area contributed by atoms with Gasteiger partial charge in [-0.15, -0.1) is 0 Å². The van der Waals surface area contributed by atoms with E-state index in [0.29, 0.717) is 32.8 Å². The van der Waals surface area contributed by atoms with Crippen molar-refractivity contribution >= 4 is 11.6 Å². The Labute approximate surface area is 151 Å². The number of amides is 1. The van der Waals surface area contributed by atoms with E-state index in [1.807, 2.05) is 27.1 Å². The minimum atomic E-state index is -0.642. The molecule has 26 heavy (non-hydrogen) atoms. The molecule has 4 heterocycles. The van der Waals surface area contributed by atoms with Crippen LogP contribution in [0.25, 0.3) is 0 Å². The van der Waals surface area contributed by atoms with Crippen molar-refractivity contribution in [3.05, 3.63) is 18.0 Å². The van der Waals surface area contributed by atoms with Crippen LogP contribution in [0.2, 0.25) is 0 Å². The predicted molar refractivity (Wildman–Crippen MR) is 90.5 cm³/mol. The number of hydrogen-bond acceptors (Lipinski definition) is 7. The third-order valence-corrected chi connectivity index (χ3v) is 4.89. The Balaban J connectivity index is 1.43. The fourth-order valence-corrected chi connectivity index (χ4v) is 3.54. The molecule has 1 unspecified atom stereocenters. The lowest BCUT2D eigenvalue weighted by molar-refractivity contribution is -0.169. The molecule has 3 aliphatic rings. The Morgan fingerprint density at radius 2 is 2.19 bits per heavy atom. The van der Waals surface area contributed by atoms with Gasteiger partial charge in [-0.25, -0.2) is 0 Å². The highest BCUT2D eigenvalue weighted by Gasteiger charge is 2.44. The molecule has 142 valence electrons. The molecule has 3 atom stereocenters. The Kier molecular flexibility index (Phi) is 4.45. The first-order chi connectivity index (χ1) is 12.4. The lowest BCUT2D eigenvalue weighted by atomic mass is 10.0. The monoisotopic (exact) mass is 364 g/mol. The van der Waals surface area contributed by atoms with E-state index in [-0.39, 0.29) is 18.1 Å². The zero-order chi connectivity index (χ0) is 18.3. The van der Waals surface area contributed by atoms with Crippen molar-refractivity contribution in [2.24, 2.45) is 12.2 Å². The van der Waals surface area contributed by atoms with Crippen LogP contribution in [0.3, 0.4) is 0 Å². The Morgan fingerprint density at radius 1 is 1.35 bits per heavy atom. The van der Waals surface area contributed by atoms with Gasteiger partial charge in [0, 0.05) is 31.8 Å². The van der Waals surface area contributed by atoms with Crippen LogP contribution < -0.4 is 0 Å². The summed E-state index contributed by atoms with van der Waals surface area (Å²) in [5.41, 5.74) is 1.61. The molecule has 9 heteroatoms. The summed E-state index contributed by atoms with van der Waals surface area (Å²) in [5, 5.41) is 8.23. The van der Waals surface area contributed by atoms with E-state index < -0.39 is 11.9 Å². The smallest absolute Gasteiger partial charge is 0.267 e. The number of aromatic nitrogens is 2. The van der Waals surface area contributed by atoms with E-state index in [9.17, 15) is 4.79 Å². The average Bonchev–Trinajstić information content (AvgIpc) is 3.33. The summed E-state index contributed by atoms with van der Waals surface area (Å²) in [7, 11) is 1.84. The van der Waals surface area contributed by atoms with Gasteiger partial charge in [0.1, 0.15) is 6.10 Å². The van der Waals surface area contributed by atoms with E-state index in [4.69, 9.17) is 19.0 Å². The lowest BCUT2D eigenvalue weighted by Gasteiger charge is -2.39. The van der Waals surface area contributed by atoms with Crippen LogP contribution in [0.4, 0.5) is 0 Å². The molecule has 3 aliphatic heterocycles. The largest absolute Gasteiger partial charge is 0.382 e. The molecule has 0 aliphatic carbocycles. The minimum absolute atomic E-state index is 0.0887. The summed E-state index contributed by atoms with van der Waals surface area (Å²) in [4.78, 5) is 20.3. The molecule has 9 nitrogen and oxygen atoms in total. The summed E-state index contributed by atoms with van der Waals surface area (Å²) >= 11 is 0. The zero-order valence-electron chi connectivity index (χ0n) is 15.3. The first-order valence-corrected chi connectivity index (χ1v) is 8.85. The molecule has 0 N–H and O–H groups in total. The maximum absolute atomic E-state index is 13.1. The van der Waals surface area contributed by atoms with Crippen molar-refractivity contribution in [3.8, 4) is 0 Å². The van der Waals surface area contributed by atoms with Gasteiger partial charge in [-0.2, -0.15) is 5.10 Å². The molecule has 0 radical (unpaired) electrons. The molecular formula is C17H24N4O5. The zero-order valence-corrected chi connectivity index (χ0v) is 15.3. The number of morpholine rings is 1. The van der Waals surface area contributed by atoms with Gasteiger partial charge in [-0.05, 0) is 13.8 Å². The van der Waals surface area contributed by atoms with Crippen molar-refractivity contribution in [3.63, 3.8) is 0 Å². The third-order valence-electron chi connectivity index (χ3n) is 4.89. The van der Waals surface area contributed by atoms with E-state index in [1.165, 1.54) is 0 Å². The summed E-state index contributed by atoms with van der Waals surface area (Å²) in [6, 6.07) is -0.191. The second kappa shape index (κ2) is 6.64. The second-order valence-electron chi connectivity index (χ2n) is 7.28. The highest BCUT2D eigenvalue weighted by Crippen LogP contribution is 2.29. The van der Waals surface area contributed by atoms with Gasteiger partial charge in [0.05, 0.1) is 37.8 Å². The minimum Gasteiger partial charge on any atom is -0.382 e. The predicted octanol–water partition coefficient (Wildman–Crippen LogP) is 0.292. The van der Waals surface area contributed by atoms with E-state index in [1.54, 1.807) is 15.8 Å². The SMILES string of the molecule is Cn1cc(C2=NOC(C(=O)N3CCOC[C@@H]3[C@@H]3COC(C)(C)O3)C2)cn1. The van der Waals surface area contributed by atoms with Gasteiger partial charge in [0.2, 0.25) is 6.10 Å². The number of nitrogens with zero attached hydrogens (tertiary/aromatic N) is 4. The first-order valence-electron chi connectivity index (χ1n) is 8.85. The van der Waals surface area contributed by atoms with Crippen molar-refractivity contribution in [1.29, 1.82) is 0 Å². The molecule has 1 aromatic heterocycles. The quantitative estimate of drug-likeness (QED) is 0.766. The van der Waals surface area contributed by atoms with Gasteiger partial charge in [0.25, 0.3) is 5.91 Å². The Morgan fingerprint density at radius 3 is 2.88 bits per heavy atom. The second-order valence-corrected chi connectivity index (χ2v) is 7.28. The number of hydrogen-bond donors (Lipinski definition) is 0. The van der Waals surface area contributed by atoms with Gasteiger partial charge >= 0.3 is 0 Å². The Hall–Kier alpha value is -1.97. The molecular weight excluding hydrogens is 340 g/mol. The van der Waals surface area contributed by atoms with Crippen LogP contribution in [0.15, 0.2) is 17.5 Å². The van der Waals surface area contributed by atoms with Gasteiger partial charge in [-0.1, -0.05) is 5.16 Å². The molecule has 0 spiro atoms. The molecule has 0 aromatic carbocycles. The normalized spacial score (nSPS) is 31.0. The molecule has 0 bridgehead atoms. The molecule has 2 saturated heterocycles. The van der Waals surface area contributed by atoms with Crippen LogP contribution in [0.1, 0.15) is 25.8 Å². The van der Waals surface area contributed by atoms with Gasteiger partial charge < -0.3 is 23.9 Å². The van der Waals surface area contributed by atoms with Crippen LogP contribution in [0.5, 0.6) is 0 Å². The fourth-order valence-electron chi connectivity index (χ4n) is 3.54. The standard InChI is InChI=1S/C17H24N4O5/c1-17(2)24-10-15(25-17)13-9-23-5-4-21(13)16(22)14-6-12(19-26-14)11-7-18-20(3)8-11/h7-8,13-15H,4-6,9-10H2,1-3H3/t13-,14?,15+/m1/s1. The maximum Gasteiger partial charge on any atom is 0.267 e. The topological polar surface area (TPSA) is 87.4 Å². The molecule has 0 saturated carbocycles. The fraction of sp³-hybridized carbons (Fsp3) is 0.706. The number of oxime groups is 1. The van der Waals surface area contributed by atoms with Crippen LogP contribution in [-0.2, 0) is 30.9 Å². The van der Waals surface area contributed by atoms with Crippen LogP contribution in [-0.4, -0.2) is 76.7 Å². The molecule has 2 fully saturated rings. The third kappa shape index (κ3) is 3.34. The summed E-state index contributed by atoms with van der Waals surface area (Å²) in [6.45, 7) is 5.62. The summed E-state index contributed by atoms with van der Waals surface area (Å²) < 4.78 is 18.9. The Bertz CT molecular complexity index is 716. The number of carbonyl (C=O) groups is 1. The summed E-state index contributed by atoms with van der Waals surface area (Å²) in [5.74, 6) is -0.730. The first kappa shape index (κ1) is 17.4. The number of ether oxygens (including phenoxy) is 3.